The summed E-state index contributed by atoms with van der Waals surface area (Å²) < 4.78 is 5.11. The van der Waals surface area contributed by atoms with Gasteiger partial charge in [0.25, 0.3) is 0 Å². The zero-order valence-electron chi connectivity index (χ0n) is 12.1. The molecule has 0 saturated heterocycles. The number of nitrogens with zero attached hydrogens (tertiary/aromatic N) is 1. The van der Waals surface area contributed by atoms with Gasteiger partial charge < -0.3 is 15.0 Å². The summed E-state index contributed by atoms with van der Waals surface area (Å²) in [6.07, 6.45) is 1.90. The highest BCUT2D eigenvalue weighted by Crippen LogP contribution is 2.12. The van der Waals surface area contributed by atoms with Gasteiger partial charge in [-0.1, -0.05) is 12.1 Å². The van der Waals surface area contributed by atoms with E-state index in [4.69, 9.17) is 4.74 Å². The fourth-order valence-corrected chi connectivity index (χ4v) is 1.90. The number of aryl methyl sites for hydroxylation is 1. The monoisotopic (exact) mass is 264 g/mol. The number of rotatable bonds is 7. The second-order valence-electron chi connectivity index (χ2n) is 4.36. The van der Waals surface area contributed by atoms with E-state index in [0.29, 0.717) is 6.54 Å². The van der Waals surface area contributed by atoms with Gasteiger partial charge in [0, 0.05) is 19.6 Å². The van der Waals surface area contributed by atoms with Crippen molar-refractivity contribution >= 4 is 6.03 Å². The molecule has 0 radical (unpaired) electrons. The van der Waals surface area contributed by atoms with Crippen LogP contribution in [-0.4, -0.2) is 37.7 Å². The topological polar surface area (TPSA) is 41.6 Å². The number of amides is 2. The Morgan fingerprint density at radius 3 is 2.37 bits per heavy atom. The second-order valence-corrected chi connectivity index (χ2v) is 4.36. The molecule has 0 aliphatic rings. The fraction of sp³-hybridized carbons (Fsp3) is 0.533. The molecule has 0 fully saturated rings. The summed E-state index contributed by atoms with van der Waals surface area (Å²) in [5.74, 6) is 0.874. The lowest BCUT2D eigenvalue weighted by molar-refractivity contribution is 0.203. The highest BCUT2D eigenvalue weighted by molar-refractivity contribution is 5.73. The molecule has 0 spiro atoms. The van der Waals surface area contributed by atoms with E-state index in [9.17, 15) is 4.79 Å². The third-order valence-electron chi connectivity index (χ3n) is 3.13. The number of methoxy groups -OCH3 is 1. The number of urea groups is 1. The van der Waals surface area contributed by atoms with Crippen LogP contribution in [0.3, 0.4) is 0 Å². The normalized spacial score (nSPS) is 10.1. The molecule has 0 unspecified atom stereocenters. The molecule has 2 amide bonds. The molecule has 1 aromatic carbocycles. The highest BCUT2D eigenvalue weighted by atomic mass is 16.5. The van der Waals surface area contributed by atoms with Crippen molar-refractivity contribution in [3.63, 3.8) is 0 Å². The van der Waals surface area contributed by atoms with E-state index in [-0.39, 0.29) is 6.03 Å². The Kier molecular flexibility index (Phi) is 6.79. The van der Waals surface area contributed by atoms with E-state index >= 15 is 0 Å². The SMILES string of the molecule is CCN(CC)C(=O)NCCCc1ccc(OC)cc1. The van der Waals surface area contributed by atoms with Crippen LogP contribution in [0, 0.1) is 0 Å². The Hall–Kier alpha value is -1.71. The van der Waals surface area contributed by atoms with Gasteiger partial charge in [0.2, 0.25) is 0 Å². The first kappa shape index (κ1) is 15.3. The van der Waals surface area contributed by atoms with E-state index in [1.54, 1.807) is 12.0 Å². The average molecular weight is 264 g/mol. The van der Waals surface area contributed by atoms with Gasteiger partial charge in [0.05, 0.1) is 7.11 Å². The second kappa shape index (κ2) is 8.40. The maximum atomic E-state index is 11.7. The Balaban J connectivity index is 2.24. The molecule has 0 atom stereocenters. The molecular formula is C15H24N2O2. The van der Waals surface area contributed by atoms with Crippen LogP contribution in [0.15, 0.2) is 24.3 Å². The first-order valence-electron chi connectivity index (χ1n) is 6.87. The van der Waals surface area contributed by atoms with Crippen molar-refractivity contribution in [3.05, 3.63) is 29.8 Å². The predicted molar refractivity (Wildman–Crippen MR) is 77.6 cm³/mol. The van der Waals surface area contributed by atoms with E-state index in [0.717, 1.165) is 31.7 Å². The molecule has 19 heavy (non-hydrogen) atoms. The summed E-state index contributed by atoms with van der Waals surface area (Å²) in [6, 6.07) is 8.07. The number of benzene rings is 1. The predicted octanol–water partition coefficient (Wildman–Crippen LogP) is 2.68. The summed E-state index contributed by atoms with van der Waals surface area (Å²) in [4.78, 5) is 13.5. The van der Waals surface area contributed by atoms with Crippen LogP contribution in [-0.2, 0) is 6.42 Å². The minimum absolute atomic E-state index is 0.0275. The van der Waals surface area contributed by atoms with Crippen molar-refractivity contribution in [1.82, 2.24) is 10.2 Å². The lowest BCUT2D eigenvalue weighted by Crippen LogP contribution is -2.40. The number of hydrogen-bond donors (Lipinski definition) is 1. The number of carbonyl (C=O) groups excluding carboxylic acids is 1. The molecule has 0 saturated carbocycles. The molecule has 1 N–H and O–H groups in total. The van der Waals surface area contributed by atoms with Gasteiger partial charge >= 0.3 is 6.03 Å². The number of carbonyl (C=O) groups is 1. The van der Waals surface area contributed by atoms with Gasteiger partial charge in [-0.2, -0.15) is 0 Å². The van der Waals surface area contributed by atoms with Crippen molar-refractivity contribution in [3.8, 4) is 5.75 Å². The average Bonchev–Trinajstić information content (AvgIpc) is 2.45. The van der Waals surface area contributed by atoms with Crippen LogP contribution in [0.5, 0.6) is 5.75 Å². The van der Waals surface area contributed by atoms with E-state index in [2.05, 4.69) is 17.4 Å². The lowest BCUT2D eigenvalue weighted by atomic mass is 10.1. The fourth-order valence-electron chi connectivity index (χ4n) is 1.90. The Labute approximate surface area is 115 Å². The van der Waals surface area contributed by atoms with Gasteiger partial charge in [-0.05, 0) is 44.4 Å². The van der Waals surface area contributed by atoms with Crippen LogP contribution < -0.4 is 10.1 Å². The molecule has 0 bridgehead atoms. The number of hydrogen-bond acceptors (Lipinski definition) is 2. The van der Waals surface area contributed by atoms with Crippen molar-refractivity contribution in [2.24, 2.45) is 0 Å². The summed E-state index contributed by atoms with van der Waals surface area (Å²) in [5, 5.41) is 2.94. The molecular weight excluding hydrogens is 240 g/mol. The Bertz CT molecular complexity index is 372. The lowest BCUT2D eigenvalue weighted by Gasteiger charge is -2.19. The minimum atomic E-state index is 0.0275. The quantitative estimate of drug-likeness (QED) is 0.769. The van der Waals surface area contributed by atoms with Gasteiger partial charge in [-0.25, -0.2) is 4.79 Å². The first-order valence-corrected chi connectivity index (χ1v) is 6.87. The van der Waals surface area contributed by atoms with Gasteiger partial charge in [0.1, 0.15) is 5.75 Å². The first-order chi connectivity index (χ1) is 9.21. The third kappa shape index (κ3) is 5.20. The van der Waals surface area contributed by atoms with Gasteiger partial charge in [0.15, 0.2) is 0 Å². The van der Waals surface area contributed by atoms with Crippen molar-refractivity contribution < 1.29 is 9.53 Å². The Morgan fingerprint density at radius 1 is 1.21 bits per heavy atom. The molecule has 0 aliphatic carbocycles. The van der Waals surface area contributed by atoms with Gasteiger partial charge in [-0.15, -0.1) is 0 Å². The molecule has 4 nitrogen and oxygen atoms in total. The smallest absolute Gasteiger partial charge is 0.317 e. The van der Waals surface area contributed by atoms with Crippen LogP contribution in [0.2, 0.25) is 0 Å². The van der Waals surface area contributed by atoms with E-state index in [1.807, 2.05) is 26.0 Å². The maximum absolute atomic E-state index is 11.7. The van der Waals surface area contributed by atoms with E-state index < -0.39 is 0 Å². The van der Waals surface area contributed by atoms with Gasteiger partial charge in [-0.3, -0.25) is 0 Å². The Morgan fingerprint density at radius 2 is 1.84 bits per heavy atom. The molecule has 4 heteroatoms. The van der Waals surface area contributed by atoms with E-state index in [1.165, 1.54) is 5.56 Å². The van der Waals surface area contributed by atoms with Crippen LogP contribution in [0.25, 0.3) is 0 Å². The summed E-state index contributed by atoms with van der Waals surface area (Å²) in [7, 11) is 1.66. The minimum Gasteiger partial charge on any atom is -0.497 e. The van der Waals surface area contributed by atoms with Crippen molar-refractivity contribution in [2.45, 2.75) is 26.7 Å². The van der Waals surface area contributed by atoms with Crippen LogP contribution in [0.4, 0.5) is 4.79 Å². The zero-order valence-corrected chi connectivity index (χ0v) is 12.1. The summed E-state index contributed by atoms with van der Waals surface area (Å²) in [6.45, 7) is 6.18. The molecule has 0 aliphatic heterocycles. The van der Waals surface area contributed by atoms with Crippen molar-refractivity contribution in [1.29, 1.82) is 0 Å². The molecule has 1 aromatic rings. The highest BCUT2D eigenvalue weighted by Gasteiger charge is 2.07. The summed E-state index contributed by atoms with van der Waals surface area (Å²) >= 11 is 0. The third-order valence-corrected chi connectivity index (χ3v) is 3.13. The molecule has 106 valence electrons. The summed E-state index contributed by atoms with van der Waals surface area (Å²) in [5.41, 5.74) is 1.26. The van der Waals surface area contributed by atoms with Crippen LogP contribution >= 0.6 is 0 Å². The molecule has 1 rings (SSSR count). The molecule has 0 heterocycles. The number of nitrogens with one attached hydrogen (secondary N) is 1. The standard InChI is InChI=1S/C15H24N2O2/c1-4-17(5-2)15(18)16-12-6-7-13-8-10-14(19-3)11-9-13/h8-11H,4-7,12H2,1-3H3,(H,16,18). The van der Waals surface area contributed by atoms with Crippen molar-refractivity contribution in [2.75, 3.05) is 26.7 Å². The number of ether oxygens (including phenoxy) is 1. The largest absolute Gasteiger partial charge is 0.497 e. The maximum Gasteiger partial charge on any atom is 0.317 e. The van der Waals surface area contributed by atoms with Crippen LogP contribution in [0.1, 0.15) is 25.8 Å². The molecule has 0 aromatic heterocycles. The zero-order chi connectivity index (χ0) is 14.1.